The van der Waals surface area contributed by atoms with Crippen LogP contribution in [0.25, 0.3) is 0 Å². The van der Waals surface area contributed by atoms with E-state index >= 15 is 0 Å². The summed E-state index contributed by atoms with van der Waals surface area (Å²) in [5, 5.41) is 3.15. The highest BCUT2D eigenvalue weighted by Gasteiger charge is 2.28. The molecule has 1 saturated heterocycles. The van der Waals surface area contributed by atoms with Crippen LogP contribution in [0.2, 0.25) is 0 Å². The van der Waals surface area contributed by atoms with Gasteiger partial charge in [0.25, 0.3) is 0 Å². The minimum absolute atomic E-state index is 0.455. The lowest BCUT2D eigenvalue weighted by Crippen LogP contribution is -2.37. The van der Waals surface area contributed by atoms with Crippen molar-refractivity contribution in [3.8, 4) is 0 Å². The van der Waals surface area contributed by atoms with Crippen LogP contribution < -0.4 is 5.32 Å². The Balaban J connectivity index is 1.82. The van der Waals surface area contributed by atoms with Gasteiger partial charge in [-0.25, -0.2) is 0 Å². The number of hydrogen-bond donors (Lipinski definition) is 1. The topological polar surface area (TPSA) is 28.4 Å². The molecule has 0 aromatic carbocycles. The van der Waals surface area contributed by atoms with Crippen molar-refractivity contribution < 1.29 is 4.42 Å². The highest BCUT2D eigenvalue weighted by atomic mass is 16.3. The summed E-state index contributed by atoms with van der Waals surface area (Å²) in [6.07, 6.45) is 4.49. The summed E-state index contributed by atoms with van der Waals surface area (Å²) in [7, 11) is 1.96. The van der Waals surface area contributed by atoms with E-state index in [1.807, 2.05) is 13.3 Å². The van der Waals surface area contributed by atoms with Gasteiger partial charge in [0.2, 0.25) is 0 Å². The summed E-state index contributed by atoms with van der Waals surface area (Å²) >= 11 is 0. The zero-order valence-corrected chi connectivity index (χ0v) is 12.8. The third-order valence-corrected chi connectivity index (χ3v) is 4.28. The SMILES string of the molecule is CNCc1coc(CN2CCC(C(C)(C)C)CC2)c1. The maximum absolute atomic E-state index is 5.63. The van der Waals surface area contributed by atoms with Crippen LogP contribution in [0, 0.1) is 11.3 Å². The zero-order chi connectivity index (χ0) is 13.9. The van der Waals surface area contributed by atoms with Crippen LogP contribution in [0.5, 0.6) is 0 Å². The minimum atomic E-state index is 0.455. The number of likely N-dealkylation sites (tertiary alicyclic amines) is 1. The molecule has 1 aromatic heterocycles. The summed E-state index contributed by atoms with van der Waals surface area (Å²) in [5.74, 6) is 1.96. The van der Waals surface area contributed by atoms with Crippen LogP contribution in [0.15, 0.2) is 16.7 Å². The maximum Gasteiger partial charge on any atom is 0.118 e. The molecule has 19 heavy (non-hydrogen) atoms. The van der Waals surface area contributed by atoms with E-state index in [4.69, 9.17) is 4.42 Å². The monoisotopic (exact) mass is 264 g/mol. The first kappa shape index (κ1) is 14.6. The van der Waals surface area contributed by atoms with Crippen molar-refractivity contribution >= 4 is 0 Å². The van der Waals surface area contributed by atoms with Gasteiger partial charge >= 0.3 is 0 Å². The van der Waals surface area contributed by atoms with E-state index in [-0.39, 0.29) is 0 Å². The molecule has 2 heterocycles. The molecular formula is C16H28N2O. The molecule has 3 heteroatoms. The molecule has 0 saturated carbocycles. The molecule has 1 aliphatic rings. The molecule has 0 radical (unpaired) electrons. The average Bonchev–Trinajstić information content (AvgIpc) is 2.77. The first-order chi connectivity index (χ1) is 8.99. The third-order valence-electron chi connectivity index (χ3n) is 4.28. The highest BCUT2D eigenvalue weighted by Crippen LogP contribution is 2.34. The lowest BCUT2D eigenvalue weighted by molar-refractivity contribution is 0.103. The Morgan fingerprint density at radius 3 is 2.58 bits per heavy atom. The normalized spacial score (nSPS) is 18.9. The van der Waals surface area contributed by atoms with Gasteiger partial charge in [-0.3, -0.25) is 4.90 Å². The van der Waals surface area contributed by atoms with Crippen molar-refractivity contribution in [2.45, 2.75) is 46.7 Å². The Bertz CT molecular complexity index is 384. The van der Waals surface area contributed by atoms with Crippen LogP contribution in [-0.2, 0) is 13.1 Å². The second kappa shape index (κ2) is 6.10. The summed E-state index contributed by atoms with van der Waals surface area (Å²) in [6.45, 7) is 11.3. The van der Waals surface area contributed by atoms with Crippen LogP contribution in [0.1, 0.15) is 44.9 Å². The second-order valence-electron chi connectivity index (χ2n) is 6.87. The Morgan fingerprint density at radius 2 is 2.00 bits per heavy atom. The van der Waals surface area contributed by atoms with E-state index in [9.17, 15) is 0 Å². The summed E-state index contributed by atoms with van der Waals surface area (Å²) < 4.78 is 5.63. The van der Waals surface area contributed by atoms with Crippen LogP contribution in [-0.4, -0.2) is 25.0 Å². The smallest absolute Gasteiger partial charge is 0.118 e. The maximum atomic E-state index is 5.63. The van der Waals surface area contributed by atoms with Gasteiger partial charge in [0.15, 0.2) is 0 Å². The summed E-state index contributed by atoms with van der Waals surface area (Å²) in [4.78, 5) is 2.52. The fraction of sp³-hybridized carbons (Fsp3) is 0.750. The molecule has 0 bridgehead atoms. The number of furan rings is 1. The Hall–Kier alpha value is -0.800. The van der Waals surface area contributed by atoms with E-state index in [2.05, 4.69) is 37.1 Å². The first-order valence-corrected chi connectivity index (χ1v) is 7.42. The Morgan fingerprint density at radius 1 is 1.32 bits per heavy atom. The van der Waals surface area contributed by atoms with E-state index in [0.717, 1.165) is 24.8 Å². The number of piperidine rings is 1. The molecule has 0 atom stereocenters. The van der Waals surface area contributed by atoms with Crippen molar-refractivity contribution in [1.82, 2.24) is 10.2 Å². The van der Waals surface area contributed by atoms with Gasteiger partial charge < -0.3 is 9.73 Å². The predicted octanol–water partition coefficient (Wildman–Crippen LogP) is 3.26. The summed E-state index contributed by atoms with van der Waals surface area (Å²) in [5.41, 5.74) is 1.69. The molecule has 1 N–H and O–H groups in total. The molecular weight excluding hydrogens is 236 g/mol. The van der Waals surface area contributed by atoms with Crippen LogP contribution >= 0.6 is 0 Å². The van der Waals surface area contributed by atoms with Gasteiger partial charge in [-0.1, -0.05) is 20.8 Å². The predicted molar refractivity (Wildman–Crippen MR) is 78.9 cm³/mol. The number of hydrogen-bond acceptors (Lipinski definition) is 3. The number of rotatable bonds is 4. The van der Waals surface area contributed by atoms with Crippen molar-refractivity contribution in [1.29, 1.82) is 0 Å². The molecule has 1 aliphatic heterocycles. The number of nitrogens with one attached hydrogen (secondary N) is 1. The molecule has 0 spiro atoms. The van der Waals surface area contributed by atoms with Gasteiger partial charge in [0.1, 0.15) is 5.76 Å². The first-order valence-electron chi connectivity index (χ1n) is 7.42. The van der Waals surface area contributed by atoms with E-state index in [0.29, 0.717) is 5.41 Å². The van der Waals surface area contributed by atoms with Gasteiger partial charge in [-0.15, -0.1) is 0 Å². The average molecular weight is 264 g/mol. The Kier molecular flexibility index (Phi) is 4.69. The van der Waals surface area contributed by atoms with Gasteiger partial charge in [0.05, 0.1) is 12.8 Å². The van der Waals surface area contributed by atoms with Gasteiger partial charge in [0, 0.05) is 12.1 Å². The molecule has 108 valence electrons. The van der Waals surface area contributed by atoms with E-state index in [1.54, 1.807) is 0 Å². The molecule has 3 nitrogen and oxygen atoms in total. The fourth-order valence-corrected chi connectivity index (χ4v) is 2.98. The van der Waals surface area contributed by atoms with E-state index in [1.165, 1.54) is 31.5 Å². The second-order valence-corrected chi connectivity index (χ2v) is 6.87. The van der Waals surface area contributed by atoms with Crippen molar-refractivity contribution in [2.24, 2.45) is 11.3 Å². The lowest BCUT2D eigenvalue weighted by Gasteiger charge is -2.38. The van der Waals surface area contributed by atoms with E-state index < -0.39 is 0 Å². The standard InChI is InChI=1S/C16H28N2O/c1-16(2,3)14-5-7-18(8-6-14)11-15-9-13(10-17-4)12-19-15/h9,12,14,17H,5-8,10-11H2,1-4H3. The third kappa shape index (κ3) is 4.08. The molecule has 2 rings (SSSR count). The quantitative estimate of drug-likeness (QED) is 0.905. The molecule has 0 unspecified atom stereocenters. The largest absolute Gasteiger partial charge is 0.468 e. The lowest BCUT2D eigenvalue weighted by atomic mass is 9.75. The van der Waals surface area contributed by atoms with Gasteiger partial charge in [-0.2, -0.15) is 0 Å². The summed E-state index contributed by atoms with van der Waals surface area (Å²) in [6, 6.07) is 2.17. The van der Waals surface area contributed by atoms with Crippen molar-refractivity contribution in [2.75, 3.05) is 20.1 Å². The molecule has 1 aromatic rings. The molecule has 1 fully saturated rings. The highest BCUT2D eigenvalue weighted by molar-refractivity contribution is 5.12. The van der Waals surface area contributed by atoms with Gasteiger partial charge in [-0.05, 0) is 50.4 Å². The number of nitrogens with zero attached hydrogens (tertiary/aromatic N) is 1. The van der Waals surface area contributed by atoms with Crippen molar-refractivity contribution in [3.63, 3.8) is 0 Å². The van der Waals surface area contributed by atoms with Crippen LogP contribution in [0.4, 0.5) is 0 Å². The van der Waals surface area contributed by atoms with Crippen LogP contribution in [0.3, 0.4) is 0 Å². The molecule has 0 aliphatic carbocycles. The molecule has 0 amide bonds. The fourth-order valence-electron chi connectivity index (χ4n) is 2.98. The Labute approximate surface area is 117 Å². The zero-order valence-electron chi connectivity index (χ0n) is 12.8. The van der Waals surface area contributed by atoms with Crippen molar-refractivity contribution in [3.05, 3.63) is 23.7 Å². The minimum Gasteiger partial charge on any atom is -0.468 e.